The molecule has 0 saturated heterocycles. The normalized spacial score (nSPS) is 10.8. The molecular formula is C21H18ClN3O3. The molecule has 0 aliphatic heterocycles. The van der Waals surface area contributed by atoms with E-state index in [1.165, 1.54) is 6.21 Å². The van der Waals surface area contributed by atoms with Crippen LogP contribution < -0.4 is 10.7 Å². The smallest absolute Gasteiger partial charge is 0.274 e. The van der Waals surface area contributed by atoms with Crippen LogP contribution in [0.2, 0.25) is 5.02 Å². The van der Waals surface area contributed by atoms with E-state index in [-0.39, 0.29) is 11.8 Å². The molecule has 2 amide bonds. The molecule has 0 aliphatic rings. The van der Waals surface area contributed by atoms with E-state index in [0.717, 1.165) is 0 Å². The fourth-order valence-corrected chi connectivity index (χ4v) is 2.71. The number of furan rings is 1. The van der Waals surface area contributed by atoms with Crippen LogP contribution in [-0.2, 0) is 0 Å². The van der Waals surface area contributed by atoms with Gasteiger partial charge in [-0.2, -0.15) is 5.10 Å². The van der Waals surface area contributed by atoms with Crippen LogP contribution in [0.5, 0.6) is 0 Å². The predicted octanol–water partition coefficient (Wildman–Crippen LogP) is 4.57. The number of aryl methyl sites for hydroxylation is 2. The number of carbonyl (C=O) groups excluding carboxylic acids is 2. The molecule has 0 saturated carbocycles. The van der Waals surface area contributed by atoms with Crippen LogP contribution in [0, 0.1) is 13.8 Å². The largest absolute Gasteiger partial charge is 0.466 e. The molecule has 0 aliphatic carbocycles. The number of anilines is 1. The van der Waals surface area contributed by atoms with E-state index in [2.05, 4.69) is 15.8 Å². The second-order valence-corrected chi connectivity index (χ2v) is 6.55. The van der Waals surface area contributed by atoms with Crippen molar-refractivity contribution in [1.29, 1.82) is 0 Å². The Balaban J connectivity index is 1.63. The summed E-state index contributed by atoms with van der Waals surface area (Å²) in [7, 11) is 0. The highest BCUT2D eigenvalue weighted by Gasteiger charge is 2.12. The van der Waals surface area contributed by atoms with Gasteiger partial charge in [0.25, 0.3) is 11.8 Å². The minimum atomic E-state index is -0.349. The van der Waals surface area contributed by atoms with Crippen molar-refractivity contribution < 1.29 is 14.0 Å². The number of hydrogen-bond donors (Lipinski definition) is 2. The Labute approximate surface area is 167 Å². The second kappa shape index (κ2) is 8.54. The molecule has 1 aromatic heterocycles. The van der Waals surface area contributed by atoms with Crippen molar-refractivity contribution in [3.63, 3.8) is 0 Å². The highest BCUT2D eigenvalue weighted by Crippen LogP contribution is 2.15. The quantitative estimate of drug-likeness (QED) is 0.490. The maximum Gasteiger partial charge on any atom is 0.274 e. The molecule has 2 aromatic carbocycles. The van der Waals surface area contributed by atoms with Crippen LogP contribution in [0.1, 0.15) is 37.8 Å². The molecule has 3 rings (SSSR count). The molecule has 1 heterocycles. The Morgan fingerprint density at radius 1 is 1.04 bits per heavy atom. The number of hydrazone groups is 1. The van der Waals surface area contributed by atoms with Crippen molar-refractivity contribution in [1.82, 2.24) is 5.43 Å². The van der Waals surface area contributed by atoms with Gasteiger partial charge in [0.1, 0.15) is 11.5 Å². The molecule has 2 N–H and O–H groups in total. The zero-order valence-electron chi connectivity index (χ0n) is 15.3. The zero-order valence-corrected chi connectivity index (χ0v) is 16.1. The summed E-state index contributed by atoms with van der Waals surface area (Å²) in [5, 5.41) is 7.34. The number of nitrogens with zero attached hydrogens (tertiary/aromatic N) is 1. The minimum Gasteiger partial charge on any atom is -0.466 e. The van der Waals surface area contributed by atoms with Gasteiger partial charge in [0, 0.05) is 16.3 Å². The summed E-state index contributed by atoms with van der Waals surface area (Å²) in [5.41, 5.74) is 4.73. The molecule has 7 heteroatoms. The lowest BCUT2D eigenvalue weighted by Gasteiger charge is -2.06. The van der Waals surface area contributed by atoms with Crippen LogP contribution >= 0.6 is 11.6 Å². The minimum absolute atomic E-state index is 0.245. The van der Waals surface area contributed by atoms with E-state index in [1.54, 1.807) is 68.4 Å². The summed E-state index contributed by atoms with van der Waals surface area (Å²) in [5.74, 6) is 0.607. The van der Waals surface area contributed by atoms with Crippen LogP contribution in [-0.4, -0.2) is 18.0 Å². The Morgan fingerprint density at radius 3 is 2.46 bits per heavy atom. The Bertz CT molecular complexity index is 1040. The first kappa shape index (κ1) is 19.4. The lowest BCUT2D eigenvalue weighted by atomic mass is 10.2. The number of amides is 2. The van der Waals surface area contributed by atoms with Crippen molar-refractivity contribution >= 4 is 35.3 Å². The second-order valence-electron chi connectivity index (χ2n) is 6.11. The van der Waals surface area contributed by atoms with Gasteiger partial charge in [0.05, 0.1) is 11.8 Å². The fraction of sp³-hybridized carbons (Fsp3) is 0.0952. The average molecular weight is 396 g/mol. The van der Waals surface area contributed by atoms with E-state index >= 15 is 0 Å². The molecule has 28 heavy (non-hydrogen) atoms. The van der Waals surface area contributed by atoms with Crippen molar-refractivity contribution in [3.05, 3.63) is 87.8 Å². The van der Waals surface area contributed by atoms with Crippen molar-refractivity contribution in [2.45, 2.75) is 13.8 Å². The van der Waals surface area contributed by atoms with Gasteiger partial charge in [-0.3, -0.25) is 9.59 Å². The third-order valence-corrected chi connectivity index (χ3v) is 4.17. The molecule has 0 radical (unpaired) electrons. The van der Waals surface area contributed by atoms with Crippen molar-refractivity contribution in [2.24, 2.45) is 5.10 Å². The number of hydrogen-bond acceptors (Lipinski definition) is 4. The average Bonchev–Trinajstić information content (AvgIpc) is 3.01. The number of carbonyl (C=O) groups is 2. The SMILES string of the molecule is Cc1cc(C(=O)N/N=C/c2cccc(NC(=O)c3ccc(Cl)cc3)c2)c(C)o1. The monoisotopic (exact) mass is 395 g/mol. The fourth-order valence-electron chi connectivity index (χ4n) is 2.58. The predicted molar refractivity (Wildman–Crippen MR) is 109 cm³/mol. The van der Waals surface area contributed by atoms with Crippen LogP contribution in [0.25, 0.3) is 0 Å². The van der Waals surface area contributed by atoms with Gasteiger partial charge in [0.15, 0.2) is 0 Å². The zero-order chi connectivity index (χ0) is 20.1. The highest BCUT2D eigenvalue weighted by atomic mass is 35.5. The van der Waals surface area contributed by atoms with Crippen LogP contribution in [0.3, 0.4) is 0 Å². The van der Waals surface area contributed by atoms with Crippen LogP contribution in [0.15, 0.2) is 64.1 Å². The third-order valence-electron chi connectivity index (χ3n) is 3.92. The number of rotatable bonds is 5. The van der Waals surface area contributed by atoms with Crippen LogP contribution in [0.4, 0.5) is 5.69 Å². The number of nitrogens with one attached hydrogen (secondary N) is 2. The lowest BCUT2D eigenvalue weighted by molar-refractivity contribution is 0.0952. The van der Waals surface area contributed by atoms with Gasteiger partial charge in [-0.05, 0) is 61.9 Å². The van der Waals surface area contributed by atoms with Gasteiger partial charge in [-0.25, -0.2) is 5.43 Å². The first-order valence-corrected chi connectivity index (χ1v) is 8.87. The topological polar surface area (TPSA) is 83.7 Å². The maximum atomic E-state index is 12.3. The Kier molecular flexibility index (Phi) is 5.91. The highest BCUT2D eigenvalue weighted by molar-refractivity contribution is 6.30. The molecule has 0 atom stereocenters. The summed E-state index contributed by atoms with van der Waals surface area (Å²) in [6, 6.07) is 15.4. The standard InChI is InChI=1S/C21H18ClN3O3/c1-13-10-19(14(2)28-13)21(27)25-23-12-15-4-3-5-18(11-15)24-20(26)16-6-8-17(22)9-7-16/h3-12H,1-2H3,(H,24,26)(H,25,27)/b23-12+. The molecule has 0 unspecified atom stereocenters. The van der Waals surface area contributed by atoms with E-state index in [0.29, 0.717) is 38.9 Å². The molecule has 0 spiro atoms. The third kappa shape index (κ3) is 4.86. The molecular weight excluding hydrogens is 378 g/mol. The van der Waals surface area contributed by atoms with E-state index in [9.17, 15) is 9.59 Å². The summed E-state index contributed by atoms with van der Waals surface area (Å²) in [4.78, 5) is 24.4. The number of halogens is 1. The number of benzene rings is 2. The van der Waals surface area contributed by atoms with Gasteiger partial charge in [-0.15, -0.1) is 0 Å². The van der Waals surface area contributed by atoms with E-state index < -0.39 is 0 Å². The summed E-state index contributed by atoms with van der Waals surface area (Å²) < 4.78 is 5.34. The van der Waals surface area contributed by atoms with Crippen molar-refractivity contribution in [2.75, 3.05) is 5.32 Å². The Hall–Kier alpha value is -3.38. The molecule has 0 fully saturated rings. The Morgan fingerprint density at radius 2 is 1.79 bits per heavy atom. The molecule has 6 nitrogen and oxygen atoms in total. The summed E-state index contributed by atoms with van der Waals surface area (Å²) >= 11 is 5.84. The lowest BCUT2D eigenvalue weighted by Crippen LogP contribution is -2.17. The van der Waals surface area contributed by atoms with Crippen molar-refractivity contribution in [3.8, 4) is 0 Å². The van der Waals surface area contributed by atoms with E-state index in [1.807, 2.05) is 0 Å². The van der Waals surface area contributed by atoms with Gasteiger partial charge in [-0.1, -0.05) is 23.7 Å². The molecule has 3 aromatic rings. The van der Waals surface area contributed by atoms with Gasteiger partial charge < -0.3 is 9.73 Å². The maximum absolute atomic E-state index is 12.3. The van der Waals surface area contributed by atoms with Gasteiger partial charge >= 0.3 is 0 Å². The first-order valence-electron chi connectivity index (χ1n) is 8.50. The summed E-state index contributed by atoms with van der Waals surface area (Å²) in [6.45, 7) is 3.50. The van der Waals surface area contributed by atoms with Gasteiger partial charge in [0.2, 0.25) is 0 Å². The first-order chi connectivity index (χ1) is 13.4. The summed E-state index contributed by atoms with van der Waals surface area (Å²) in [6.07, 6.45) is 1.50. The molecule has 142 valence electrons. The van der Waals surface area contributed by atoms with E-state index in [4.69, 9.17) is 16.0 Å². The molecule has 0 bridgehead atoms.